The first-order valence-corrected chi connectivity index (χ1v) is 26.5. The van der Waals surface area contributed by atoms with E-state index in [9.17, 15) is 45.3 Å². The fourth-order valence-corrected chi connectivity index (χ4v) is 7.48. The van der Waals surface area contributed by atoms with Crippen molar-refractivity contribution in [1.29, 1.82) is 0 Å². The summed E-state index contributed by atoms with van der Waals surface area (Å²) in [6.07, 6.45) is 38.3. The second-order valence-electron chi connectivity index (χ2n) is 17.9. The van der Waals surface area contributed by atoms with E-state index in [0.29, 0.717) is 19.3 Å². The smallest absolute Gasteiger partial charge is 0.306 e. The molecule has 0 bridgehead atoms. The number of hydrogen-bond acceptors (Lipinski definition) is 15. The summed E-state index contributed by atoms with van der Waals surface area (Å²) in [5.41, 5.74) is 0. The number of rotatable bonds is 39. The first kappa shape index (κ1) is 64.3. The molecule has 0 spiro atoms. The average Bonchev–Trinajstić information content (AvgIpc) is 3.37. The molecule has 408 valence electrons. The second-order valence-corrected chi connectivity index (χ2v) is 17.9. The Morgan fingerprint density at radius 3 is 1.35 bits per heavy atom. The van der Waals surface area contributed by atoms with Crippen LogP contribution in [0.2, 0.25) is 0 Å². The number of carbonyl (C=O) groups is 2. The van der Waals surface area contributed by atoms with Crippen molar-refractivity contribution < 1.29 is 73.8 Å². The molecule has 0 aliphatic carbocycles. The second kappa shape index (κ2) is 42.5. The zero-order chi connectivity index (χ0) is 52.4. The van der Waals surface area contributed by atoms with Gasteiger partial charge in [0.15, 0.2) is 18.7 Å². The highest BCUT2D eigenvalue weighted by atomic mass is 16.7. The summed E-state index contributed by atoms with van der Waals surface area (Å²) in [6, 6.07) is 0. The van der Waals surface area contributed by atoms with Crippen LogP contribution >= 0.6 is 0 Å². The van der Waals surface area contributed by atoms with Crippen molar-refractivity contribution in [2.45, 2.75) is 210 Å². The maximum Gasteiger partial charge on any atom is 0.306 e. The molecule has 2 aliphatic heterocycles. The molecular formula is C57H90O15. The molecule has 0 aromatic carbocycles. The van der Waals surface area contributed by atoms with E-state index in [1.807, 2.05) is 12.2 Å². The Kier molecular flexibility index (Phi) is 37.9. The number of allylic oxidation sites excluding steroid dienone is 18. The Hall–Kier alpha value is -3.84. The van der Waals surface area contributed by atoms with Crippen LogP contribution in [0.15, 0.2) is 109 Å². The monoisotopic (exact) mass is 1010 g/mol. The topological polar surface area (TPSA) is 231 Å². The van der Waals surface area contributed by atoms with Gasteiger partial charge in [0.05, 0.1) is 19.8 Å². The van der Waals surface area contributed by atoms with Gasteiger partial charge in [-0.3, -0.25) is 9.59 Å². The third kappa shape index (κ3) is 29.8. The van der Waals surface area contributed by atoms with E-state index in [0.717, 1.165) is 96.3 Å². The molecule has 15 nitrogen and oxygen atoms in total. The minimum Gasteiger partial charge on any atom is -0.462 e. The highest BCUT2D eigenvalue weighted by molar-refractivity contribution is 5.70. The van der Waals surface area contributed by atoms with Crippen molar-refractivity contribution in [1.82, 2.24) is 0 Å². The molecule has 2 fully saturated rings. The quantitative estimate of drug-likeness (QED) is 0.0176. The zero-order valence-corrected chi connectivity index (χ0v) is 43.1. The van der Waals surface area contributed by atoms with E-state index in [2.05, 4.69) is 111 Å². The number of aliphatic hydroxyl groups excluding tert-OH is 7. The number of unbranched alkanes of at least 4 members (excludes halogenated alkanes) is 7. The summed E-state index contributed by atoms with van der Waals surface area (Å²) in [5, 5.41) is 72.2. The molecule has 0 aromatic rings. The molecule has 72 heavy (non-hydrogen) atoms. The highest BCUT2D eigenvalue weighted by Crippen LogP contribution is 2.26. The van der Waals surface area contributed by atoms with Crippen molar-refractivity contribution in [3.63, 3.8) is 0 Å². The van der Waals surface area contributed by atoms with Gasteiger partial charge in [-0.05, 0) is 89.9 Å². The molecule has 2 heterocycles. The van der Waals surface area contributed by atoms with Gasteiger partial charge in [-0.1, -0.05) is 149 Å². The third-order valence-corrected chi connectivity index (χ3v) is 11.7. The van der Waals surface area contributed by atoms with Gasteiger partial charge in [-0.15, -0.1) is 0 Å². The van der Waals surface area contributed by atoms with Crippen LogP contribution in [0.3, 0.4) is 0 Å². The van der Waals surface area contributed by atoms with E-state index in [1.54, 1.807) is 0 Å². The largest absolute Gasteiger partial charge is 0.462 e. The summed E-state index contributed by atoms with van der Waals surface area (Å²) in [5.74, 6) is -1.02. The molecule has 11 unspecified atom stereocenters. The molecular weight excluding hydrogens is 925 g/mol. The van der Waals surface area contributed by atoms with Gasteiger partial charge in [0.2, 0.25) is 0 Å². The van der Waals surface area contributed by atoms with Gasteiger partial charge >= 0.3 is 11.9 Å². The first-order valence-electron chi connectivity index (χ1n) is 26.5. The Labute approximate surface area is 430 Å². The van der Waals surface area contributed by atoms with Crippen LogP contribution in [-0.4, -0.2) is 142 Å². The molecule has 2 rings (SSSR count). The molecule has 0 saturated carbocycles. The standard InChI is InChI=1S/C57H90O15/c1-3-5-7-9-11-13-15-17-19-21-22-24-25-27-29-31-33-35-37-39-48(59)67-42-45(70-49(60)40-38-36-34-32-30-28-26-23-20-18-16-14-12-10-8-6-4-2)43-68-56-55(66)53(64)51(62)47(72-56)44-69-57-54(65)52(63)50(61)46(41-58)71-57/h5-8,11-14,17-20,22,24,26,28,32,34,45-47,50-58,61-66H,3-4,9-10,15-16,21,23,25,27,29-31,33,35-44H2,1-2H3/b7-5-,8-6-,13-11-,14-12-,19-17-,20-18-,24-22-,28-26-,34-32-. The fraction of sp³-hybridized carbons (Fsp3) is 0.649. The van der Waals surface area contributed by atoms with Crippen molar-refractivity contribution >= 4 is 11.9 Å². The maximum atomic E-state index is 13.0. The van der Waals surface area contributed by atoms with Crippen LogP contribution in [0.5, 0.6) is 0 Å². The van der Waals surface area contributed by atoms with Crippen LogP contribution < -0.4 is 0 Å². The van der Waals surface area contributed by atoms with E-state index >= 15 is 0 Å². The van der Waals surface area contributed by atoms with Gasteiger partial charge in [0.1, 0.15) is 55.4 Å². The van der Waals surface area contributed by atoms with Gasteiger partial charge in [-0.2, -0.15) is 0 Å². The average molecular weight is 1020 g/mol. The Balaban J connectivity index is 1.83. The Morgan fingerprint density at radius 2 is 0.847 bits per heavy atom. The number of hydrogen-bond donors (Lipinski definition) is 7. The van der Waals surface area contributed by atoms with Crippen LogP contribution in [-0.2, 0) is 38.0 Å². The summed E-state index contributed by atoms with van der Waals surface area (Å²) >= 11 is 0. The lowest BCUT2D eigenvalue weighted by Gasteiger charge is -2.42. The van der Waals surface area contributed by atoms with Crippen LogP contribution in [0, 0.1) is 0 Å². The third-order valence-electron chi connectivity index (χ3n) is 11.7. The molecule has 11 atom stereocenters. The Morgan fingerprint density at radius 1 is 0.444 bits per heavy atom. The van der Waals surface area contributed by atoms with E-state index in [1.165, 1.54) is 0 Å². The van der Waals surface area contributed by atoms with E-state index in [4.69, 9.17) is 28.4 Å². The van der Waals surface area contributed by atoms with Gasteiger partial charge in [-0.25, -0.2) is 0 Å². The molecule has 0 aromatic heterocycles. The SMILES string of the molecule is CC/C=C\C/C=C\C/C=C\C/C=C\C/C=C\CCCC(=O)OC(COC(=O)CCCCCCCC/C=C\C/C=C\C/C=C\C/C=C\CC)COC1OC(COC2OC(CO)C(O)C(O)C2O)C(O)C(O)C1O. The van der Waals surface area contributed by atoms with Crippen molar-refractivity contribution in [3.8, 4) is 0 Å². The van der Waals surface area contributed by atoms with Crippen LogP contribution in [0.4, 0.5) is 0 Å². The maximum absolute atomic E-state index is 13.0. The summed E-state index contributed by atoms with van der Waals surface area (Å²) < 4.78 is 33.5. The summed E-state index contributed by atoms with van der Waals surface area (Å²) in [7, 11) is 0. The van der Waals surface area contributed by atoms with E-state index in [-0.39, 0.29) is 19.4 Å². The van der Waals surface area contributed by atoms with Crippen molar-refractivity contribution in [2.24, 2.45) is 0 Å². The zero-order valence-electron chi connectivity index (χ0n) is 43.1. The minimum absolute atomic E-state index is 0.0764. The van der Waals surface area contributed by atoms with Crippen molar-refractivity contribution in [3.05, 3.63) is 109 Å². The van der Waals surface area contributed by atoms with E-state index < -0.39 is 99.3 Å². The fourth-order valence-electron chi connectivity index (χ4n) is 7.48. The van der Waals surface area contributed by atoms with Crippen molar-refractivity contribution in [2.75, 3.05) is 26.4 Å². The molecule has 0 amide bonds. The molecule has 2 saturated heterocycles. The minimum atomic E-state index is -1.78. The summed E-state index contributed by atoms with van der Waals surface area (Å²) in [4.78, 5) is 25.8. The number of aliphatic hydroxyl groups is 7. The van der Waals surface area contributed by atoms with Gasteiger partial charge < -0.3 is 64.2 Å². The lowest BCUT2D eigenvalue weighted by molar-refractivity contribution is -0.332. The van der Waals surface area contributed by atoms with Crippen LogP contribution in [0.25, 0.3) is 0 Å². The first-order chi connectivity index (χ1) is 35.0. The van der Waals surface area contributed by atoms with Gasteiger partial charge in [0, 0.05) is 12.8 Å². The number of esters is 2. The molecule has 2 aliphatic rings. The lowest BCUT2D eigenvalue weighted by atomic mass is 9.98. The highest BCUT2D eigenvalue weighted by Gasteiger charge is 2.47. The Bertz CT molecular complexity index is 1660. The van der Waals surface area contributed by atoms with Crippen LogP contribution in [0.1, 0.15) is 142 Å². The predicted octanol–water partition coefficient (Wildman–Crippen LogP) is 7.93. The molecule has 15 heteroatoms. The predicted molar refractivity (Wildman–Crippen MR) is 279 cm³/mol. The number of carbonyl (C=O) groups excluding carboxylic acids is 2. The molecule has 0 radical (unpaired) electrons. The lowest BCUT2D eigenvalue weighted by Crippen LogP contribution is -2.61. The summed E-state index contributed by atoms with van der Waals surface area (Å²) in [6.45, 7) is 2.26. The molecule has 7 N–H and O–H groups in total. The normalized spacial score (nSPS) is 25.9. The van der Waals surface area contributed by atoms with Gasteiger partial charge in [0.25, 0.3) is 0 Å². The number of ether oxygens (including phenoxy) is 6.